The van der Waals surface area contributed by atoms with Gasteiger partial charge in [-0.15, -0.1) is 11.3 Å². The Bertz CT molecular complexity index is 1660. The summed E-state index contributed by atoms with van der Waals surface area (Å²) in [5.41, 5.74) is 1.37. The number of halogens is 2. The highest BCUT2D eigenvalue weighted by Gasteiger charge is 2.48. The van der Waals surface area contributed by atoms with E-state index in [4.69, 9.17) is 9.47 Å². The Hall–Kier alpha value is -4.30. The number of alkyl halides is 2. The number of hydrogen-bond donors (Lipinski definition) is 3. The first kappa shape index (κ1) is 33.1. The first-order chi connectivity index (χ1) is 22.2. The third-order valence-corrected chi connectivity index (χ3v) is 8.93. The number of thiophene rings is 1. The normalized spacial score (nSPS) is 18.1. The van der Waals surface area contributed by atoms with Gasteiger partial charge in [-0.05, 0) is 43.3 Å². The topological polar surface area (TPSA) is 126 Å². The number of aldehydes is 1. The number of ether oxygens (including phenoxy) is 2. The maximum Gasteiger partial charge on any atom is 0.299 e. The Balaban J connectivity index is 0.000000137. The van der Waals surface area contributed by atoms with Crippen LogP contribution in [-0.2, 0) is 31.5 Å². The number of H-pyrrole nitrogens is 1. The number of likely N-dealkylation sites (N-methyl/N-ethyl adjacent to an activating group) is 1. The Morgan fingerprint density at radius 1 is 1.11 bits per heavy atom. The zero-order valence-electron chi connectivity index (χ0n) is 25.4. The van der Waals surface area contributed by atoms with E-state index in [2.05, 4.69) is 20.6 Å². The van der Waals surface area contributed by atoms with Crippen LogP contribution in [0.25, 0.3) is 21.8 Å². The van der Waals surface area contributed by atoms with Crippen LogP contribution in [0.1, 0.15) is 39.7 Å². The van der Waals surface area contributed by atoms with Crippen LogP contribution >= 0.6 is 11.3 Å². The molecule has 46 heavy (non-hydrogen) atoms. The van der Waals surface area contributed by atoms with Gasteiger partial charge in [0.05, 0.1) is 37.7 Å². The summed E-state index contributed by atoms with van der Waals surface area (Å²) in [5, 5.41) is 5.49. The summed E-state index contributed by atoms with van der Waals surface area (Å²) < 4.78 is 39.3. The highest BCUT2D eigenvalue weighted by molar-refractivity contribution is 7.15. The van der Waals surface area contributed by atoms with Crippen LogP contribution in [0.5, 0.6) is 0 Å². The van der Waals surface area contributed by atoms with E-state index in [-0.39, 0.29) is 23.1 Å². The van der Waals surface area contributed by atoms with Gasteiger partial charge in [-0.25, -0.2) is 4.98 Å². The number of benzene rings is 2. The van der Waals surface area contributed by atoms with E-state index in [1.165, 1.54) is 24.3 Å². The number of aromatic amines is 1. The van der Waals surface area contributed by atoms with Crippen molar-refractivity contribution in [1.29, 1.82) is 0 Å². The molecule has 1 atom stereocenters. The Morgan fingerprint density at radius 3 is 2.57 bits per heavy atom. The number of likely N-dealkylation sites (tertiary alicyclic amines) is 1. The predicted molar refractivity (Wildman–Crippen MR) is 169 cm³/mol. The molecule has 1 aliphatic carbocycles. The van der Waals surface area contributed by atoms with Crippen LogP contribution in [0.15, 0.2) is 67.0 Å². The van der Waals surface area contributed by atoms with Crippen molar-refractivity contribution in [2.24, 2.45) is 0 Å². The minimum atomic E-state index is -2.96. The van der Waals surface area contributed by atoms with Gasteiger partial charge in [-0.3, -0.25) is 14.4 Å². The molecule has 7 rings (SSSR count). The number of rotatable bonds is 7. The number of fused-ring (bicyclic) bond motifs is 3. The lowest BCUT2D eigenvalue weighted by atomic mass is 10.0. The molecule has 0 saturated carbocycles. The minimum Gasteiger partial charge on any atom is -0.354 e. The zero-order chi connectivity index (χ0) is 32.7. The predicted octanol–water partition coefficient (Wildman–Crippen LogP) is 4.57. The highest BCUT2D eigenvalue weighted by atomic mass is 32.1. The van der Waals surface area contributed by atoms with Gasteiger partial charge in [-0.1, -0.05) is 36.4 Å². The van der Waals surface area contributed by atoms with Crippen molar-refractivity contribution >= 4 is 29.9 Å². The van der Waals surface area contributed by atoms with Crippen LogP contribution in [0, 0.1) is 0 Å². The van der Waals surface area contributed by atoms with Gasteiger partial charge >= 0.3 is 0 Å². The Morgan fingerprint density at radius 2 is 1.87 bits per heavy atom. The van der Waals surface area contributed by atoms with E-state index in [9.17, 15) is 23.2 Å². The molecule has 2 fully saturated rings. The summed E-state index contributed by atoms with van der Waals surface area (Å²) in [5.74, 6) is -2.50. The van der Waals surface area contributed by atoms with E-state index in [0.29, 0.717) is 62.2 Å². The van der Waals surface area contributed by atoms with Crippen molar-refractivity contribution < 1.29 is 32.6 Å². The number of carbonyl (C=O) groups is 3. The molecule has 4 aromatic rings. The molecule has 1 spiro atoms. The van der Waals surface area contributed by atoms with Crippen LogP contribution in [0.2, 0.25) is 0 Å². The fourth-order valence-electron chi connectivity index (χ4n) is 5.74. The molecule has 1 unspecified atom stereocenters. The smallest absolute Gasteiger partial charge is 0.299 e. The van der Waals surface area contributed by atoms with Crippen molar-refractivity contribution in [3.8, 4) is 21.8 Å². The number of imidazole rings is 1. The molecule has 2 amide bonds. The van der Waals surface area contributed by atoms with Gasteiger partial charge in [0.2, 0.25) is 12.3 Å². The second-order valence-electron chi connectivity index (χ2n) is 11.0. The van der Waals surface area contributed by atoms with Crippen LogP contribution in [-0.4, -0.2) is 78.7 Å². The maximum atomic E-state index is 14.1. The van der Waals surface area contributed by atoms with E-state index in [0.717, 1.165) is 22.0 Å². The molecule has 2 aliphatic heterocycles. The summed E-state index contributed by atoms with van der Waals surface area (Å²) in [6.07, 6.45) is 5.66. The van der Waals surface area contributed by atoms with Crippen molar-refractivity contribution in [3.05, 3.63) is 88.6 Å². The van der Waals surface area contributed by atoms with Gasteiger partial charge in [0.25, 0.3) is 5.92 Å². The molecule has 4 heterocycles. The summed E-state index contributed by atoms with van der Waals surface area (Å²) in [7, 11) is 1.77. The van der Waals surface area contributed by atoms with Crippen LogP contribution in [0.3, 0.4) is 0 Å². The van der Waals surface area contributed by atoms with Gasteiger partial charge < -0.3 is 30.0 Å². The van der Waals surface area contributed by atoms with Crippen molar-refractivity contribution in [2.45, 2.75) is 37.6 Å². The maximum absolute atomic E-state index is 14.1. The molecule has 242 valence electrons. The standard InChI is InChI=1S/C14H8F2O.C10H18N2O3.C9H9N3OS/c15-14(16)12-4-2-1-3-10(12)11-7-9(8-17)5-6-13(11)14;1-8-5-10(14-3-4-15-10)7-12(8)9(13)6-11-2;13-6-10-5-7-1-2-8(14-7)9-11-3-4-12-9/h1-8H;8,11H,3-7H2,1-2H3;1-4,6H,5H2,(H,10,13)(H,11,12). The van der Waals surface area contributed by atoms with Crippen molar-refractivity contribution in [2.75, 3.05) is 33.4 Å². The fourth-order valence-corrected chi connectivity index (χ4v) is 6.66. The first-order valence-electron chi connectivity index (χ1n) is 14.8. The number of carbonyl (C=O) groups excluding carboxylic acids is 3. The number of amides is 2. The lowest BCUT2D eigenvalue weighted by Gasteiger charge is -2.23. The molecule has 3 N–H and O–H groups in total. The molecule has 3 aliphatic rings. The Labute approximate surface area is 269 Å². The number of nitrogens with one attached hydrogen (secondary N) is 3. The van der Waals surface area contributed by atoms with E-state index in [1.807, 2.05) is 24.0 Å². The molecule has 2 aromatic carbocycles. The molecular formula is C33H35F2N5O5S. The average Bonchev–Trinajstić information content (AvgIpc) is 3.90. The Kier molecular flexibility index (Phi) is 10.4. The molecular weight excluding hydrogens is 616 g/mol. The number of aromatic nitrogens is 2. The molecule has 2 saturated heterocycles. The highest BCUT2D eigenvalue weighted by Crippen LogP contribution is 2.50. The van der Waals surface area contributed by atoms with E-state index in [1.54, 1.807) is 49.0 Å². The monoisotopic (exact) mass is 651 g/mol. The SMILES string of the molecule is CNCC(=O)N1CC2(CC1C)OCCO2.O=CNCc1ccc(-c2ncc[nH]2)s1.O=Cc1ccc2c(c1)-c1ccccc1C2(F)F. The van der Waals surface area contributed by atoms with Gasteiger partial charge in [0.15, 0.2) is 5.79 Å². The zero-order valence-corrected chi connectivity index (χ0v) is 26.2. The third-order valence-electron chi connectivity index (χ3n) is 7.84. The molecule has 0 bridgehead atoms. The second kappa shape index (κ2) is 14.4. The lowest BCUT2D eigenvalue weighted by molar-refractivity contribution is -0.152. The summed E-state index contributed by atoms with van der Waals surface area (Å²) in [4.78, 5) is 43.7. The lowest BCUT2D eigenvalue weighted by Crippen LogP contribution is -2.41. The fraction of sp³-hybridized carbons (Fsp3) is 0.333. The molecule has 0 radical (unpaired) electrons. The van der Waals surface area contributed by atoms with Crippen LogP contribution in [0.4, 0.5) is 8.78 Å². The largest absolute Gasteiger partial charge is 0.354 e. The van der Waals surface area contributed by atoms with Crippen molar-refractivity contribution in [3.63, 3.8) is 0 Å². The molecule has 2 aromatic heterocycles. The average molecular weight is 652 g/mol. The van der Waals surface area contributed by atoms with Gasteiger partial charge in [0, 0.05) is 46.4 Å². The second-order valence-corrected chi connectivity index (χ2v) is 12.1. The first-order valence-corrected chi connectivity index (χ1v) is 15.6. The minimum absolute atomic E-state index is 0.0121. The van der Waals surface area contributed by atoms with Gasteiger partial charge in [0.1, 0.15) is 12.1 Å². The quantitative estimate of drug-likeness (QED) is 0.250. The summed E-state index contributed by atoms with van der Waals surface area (Å²) in [6, 6.07) is 14.8. The van der Waals surface area contributed by atoms with E-state index >= 15 is 0 Å². The van der Waals surface area contributed by atoms with Gasteiger partial charge in [-0.2, -0.15) is 8.78 Å². The number of hydrogen-bond acceptors (Lipinski definition) is 8. The summed E-state index contributed by atoms with van der Waals surface area (Å²) >= 11 is 1.62. The third kappa shape index (κ3) is 7.07. The van der Waals surface area contributed by atoms with Crippen molar-refractivity contribution in [1.82, 2.24) is 25.5 Å². The molecule has 10 nitrogen and oxygen atoms in total. The number of nitrogens with zero attached hydrogens (tertiary/aromatic N) is 2. The van der Waals surface area contributed by atoms with Crippen LogP contribution < -0.4 is 10.6 Å². The molecule has 13 heteroatoms. The summed E-state index contributed by atoms with van der Waals surface area (Å²) in [6.45, 7) is 4.83. The van der Waals surface area contributed by atoms with E-state index < -0.39 is 11.7 Å².